The predicted molar refractivity (Wildman–Crippen MR) is 63.2 cm³/mol. The van der Waals surface area contributed by atoms with Crippen LogP contribution in [0.5, 0.6) is 0 Å². The van der Waals surface area contributed by atoms with Crippen LogP contribution in [0.4, 0.5) is 0 Å². The van der Waals surface area contributed by atoms with Crippen LogP contribution in [0.3, 0.4) is 0 Å². The first-order valence-electron chi connectivity index (χ1n) is 5.82. The molecule has 0 bridgehead atoms. The molecule has 0 aromatic heterocycles. The van der Waals surface area contributed by atoms with Crippen LogP contribution in [0.2, 0.25) is 0 Å². The molecule has 0 radical (unpaired) electrons. The van der Waals surface area contributed by atoms with E-state index in [0.29, 0.717) is 0 Å². The van der Waals surface area contributed by atoms with Crippen LogP contribution in [0, 0.1) is 6.08 Å². The molecule has 16 heavy (non-hydrogen) atoms. The summed E-state index contributed by atoms with van der Waals surface area (Å²) in [7, 11) is 0. The van der Waals surface area contributed by atoms with E-state index in [9.17, 15) is 0 Å². The van der Waals surface area contributed by atoms with E-state index in [-0.39, 0.29) is 17.1 Å². The van der Waals surface area contributed by atoms with Crippen molar-refractivity contribution in [3.63, 3.8) is 0 Å². The smallest absolute Gasteiger partial charge is 0 e. The van der Waals surface area contributed by atoms with Crippen molar-refractivity contribution in [2.45, 2.75) is 32.1 Å². The van der Waals surface area contributed by atoms with Gasteiger partial charge in [-0.3, -0.25) is 0 Å². The van der Waals surface area contributed by atoms with Crippen molar-refractivity contribution in [2.24, 2.45) is 0 Å². The molecule has 0 spiro atoms. The summed E-state index contributed by atoms with van der Waals surface area (Å²) in [6.07, 6.45) is 20.8. The van der Waals surface area contributed by atoms with E-state index < -0.39 is 0 Å². The van der Waals surface area contributed by atoms with Crippen LogP contribution in [0.25, 0.3) is 0 Å². The molecule has 0 N–H and O–H groups in total. The Kier molecular flexibility index (Phi) is 3.68. The first-order chi connectivity index (χ1) is 7.45. The fourth-order valence-electron chi connectivity index (χ4n) is 2.59. The Morgan fingerprint density at radius 1 is 1.12 bits per heavy atom. The number of rotatable bonds is 2. The van der Waals surface area contributed by atoms with Gasteiger partial charge in [0.15, 0.2) is 0 Å². The van der Waals surface area contributed by atoms with Crippen LogP contribution in [-0.4, -0.2) is 0 Å². The molecule has 0 saturated heterocycles. The molecule has 84 valence electrons. The van der Waals surface area contributed by atoms with Gasteiger partial charge >= 0.3 is 0 Å². The van der Waals surface area contributed by atoms with Gasteiger partial charge in [-0.05, 0) is 19.3 Å². The zero-order valence-corrected chi connectivity index (χ0v) is 10.4. The van der Waals surface area contributed by atoms with Gasteiger partial charge in [0.25, 0.3) is 0 Å². The average Bonchev–Trinajstić information content (AvgIpc) is 3.01. The fraction of sp³-hybridized carbons (Fsp3) is 0.333. The largest absolute Gasteiger partial charge is 0.198 e. The van der Waals surface area contributed by atoms with E-state index in [1.807, 2.05) is 0 Å². The van der Waals surface area contributed by atoms with Crippen LogP contribution >= 0.6 is 0 Å². The first kappa shape index (κ1) is 11.7. The second-order valence-electron chi connectivity index (χ2n) is 4.32. The predicted octanol–water partition coefficient (Wildman–Crippen LogP) is 4.04. The summed E-state index contributed by atoms with van der Waals surface area (Å²) in [4.78, 5) is 0. The van der Waals surface area contributed by atoms with Crippen molar-refractivity contribution in [3.8, 4) is 0 Å². The van der Waals surface area contributed by atoms with E-state index in [4.69, 9.17) is 0 Å². The van der Waals surface area contributed by atoms with E-state index in [2.05, 4.69) is 36.5 Å². The van der Waals surface area contributed by atoms with Crippen molar-refractivity contribution in [1.29, 1.82) is 0 Å². The molecule has 0 aromatic rings. The van der Waals surface area contributed by atoms with Gasteiger partial charge in [0.05, 0.1) is 0 Å². The number of allylic oxidation sites excluding steroid dienone is 10. The maximum atomic E-state index is 3.43. The molecular weight excluding hydrogens is 236 g/mol. The van der Waals surface area contributed by atoms with E-state index in [1.54, 1.807) is 5.57 Å². The summed E-state index contributed by atoms with van der Waals surface area (Å²) in [5.41, 5.74) is 5.88. The molecule has 0 amide bonds. The topological polar surface area (TPSA) is 0 Å². The molecule has 3 aliphatic carbocycles. The van der Waals surface area contributed by atoms with Crippen molar-refractivity contribution in [3.05, 3.63) is 58.7 Å². The standard InChI is InChI=1S/C15H15.Fe/c1-2-7-12(6-1)14-10-5-11-15(14)13-8-3-4-9-13;/h1,5-6,8,11H,2-4,9-10H2;/q-1;. The summed E-state index contributed by atoms with van der Waals surface area (Å²) < 4.78 is 0. The molecule has 3 rings (SSSR count). The summed E-state index contributed by atoms with van der Waals surface area (Å²) >= 11 is 0. The van der Waals surface area contributed by atoms with Crippen molar-refractivity contribution in [1.82, 2.24) is 0 Å². The zero-order chi connectivity index (χ0) is 10.1. The number of hydrogen-bond donors (Lipinski definition) is 0. The van der Waals surface area contributed by atoms with Gasteiger partial charge in [-0.1, -0.05) is 42.2 Å². The fourth-order valence-corrected chi connectivity index (χ4v) is 2.59. The zero-order valence-electron chi connectivity index (χ0n) is 9.28. The van der Waals surface area contributed by atoms with Gasteiger partial charge in [0.2, 0.25) is 0 Å². The van der Waals surface area contributed by atoms with Gasteiger partial charge in [0, 0.05) is 17.1 Å². The van der Waals surface area contributed by atoms with Crippen molar-refractivity contribution < 1.29 is 17.1 Å². The van der Waals surface area contributed by atoms with Crippen LogP contribution < -0.4 is 0 Å². The minimum atomic E-state index is 0. The second kappa shape index (κ2) is 5.03. The van der Waals surface area contributed by atoms with Crippen molar-refractivity contribution >= 4 is 0 Å². The van der Waals surface area contributed by atoms with Gasteiger partial charge in [-0.15, -0.1) is 11.6 Å². The molecule has 0 nitrogen and oxygen atoms in total. The summed E-state index contributed by atoms with van der Waals surface area (Å²) in [5.74, 6) is 0. The summed E-state index contributed by atoms with van der Waals surface area (Å²) in [6, 6.07) is 0. The Labute approximate surface area is 108 Å². The normalized spacial score (nSPS) is 22.5. The Hall–Kier alpha value is -0.781. The van der Waals surface area contributed by atoms with Gasteiger partial charge in [-0.2, -0.15) is 17.7 Å². The SMILES string of the molecule is [C-]1=C(C2=C(C3=CCCC3)C=CC2)C=CC1.[Fe]. The van der Waals surface area contributed by atoms with Gasteiger partial charge in [0.1, 0.15) is 0 Å². The third-order valence-electron chi connectivity index (χ3n) is 3.34. The maximum Gasteiger partial charge on any atom is 0 e. The van der Waals surface area contributed by atoms with E-state index >= 15 is 0 Å². The molecule has 0 aliphatic heterocycles. The Morgan fingerprint density at radius 2 is 2.06 bits per heavy atom. The van der Waals surface area contributed by atoms with E-state index in [1.165, 1.54) is 36.0 Å². The third-order valence-corrected chi connectivity index (χ3v) is 3.34. The summed E-state index contributed by atoms with van der Waals surface area (Å²) in [6.45, 7) is 0. The minimum absolute atomic E-state index is 0. The Morgan fingerprint density at radius 3 is 2.75 bits per heavy atom. The Balaban J connectivity index is 0.000000963. The molecule has 0 atom stereocenters. The quantitative estimate of drug-likeness (QED) is 0.513. The first-order valence-corrected chi connectivity index (χ1v) is 5.82. The third kappa shape index (κ3) is 2.03. The molecule has 0 unspecified atom stereocenters. The van der Waals surface area contributed by atoms with Crippen molar-refractivity contribution in [2.75, 3.05) is 0 Å². The van der Waals surface area contributed by atoms with Crippen LogP contribution in [0.1, 0.15) is 32.1 Å². The minimum Gasteiger partial charge on any atom is -0.198 e. The van der Waals surface area contributed by atoms with Gasteiger partial charge in [-0.25, -0.2) is 0 Å². The molecular formula is C15H15Fe-. The Bertz CT molecular complexity index is 430. The monoisotopic (exact) mass is 251 g/mol. The van der Waals surface area contributed by atoms with Crippen LogP contribution in [0.15, 0.2) is 52.7 Å². The maximum absolute atomic E-state index is 3.43. The molecule has 0 saturated carbocycles. The average molecular weight is 251 g/mol. The van der Waals surface area contributed by atoms with Gasteiger partial charge < -0.3 is 0 Å². The number of hydrogen-bond acceptors (Lipinski definition) is 0. The molecule has 0 aromatic carbocycles. The molecule has 3 aliphatic rings. The van der Waals surface area contributed by atoms with E-state index in [0.717, 1.165) is 12.8 Å². The second-order valence-corrected chi connectivity index (χ2v) is 4.32. The molecule has 1 heteroatoms. The molecule has 0 heterocycles. The summed E-state index contributed by atoms with van der Waals surface area (Å²) in [5, 5.41) is 0. The van der Waals surface area contributed by atoms with Crippen LogP contribution in [-0.2, 0) is 17.1 Å². The molecule has 0 fully saturated rings.